The van der Waals surface area contributed by atoms with E-state index < -0.39 is 88.4 Å². The second-order valence-electron chi connectivity index (χ2n) is 11.1. The molecule has 0 radical (unpaired) electrons. The minimum absolute atomic E-state index is 0.00392. The molecule has 2 aromatic rings. The van der Waals surface area contributed by atoms with Crippen molar-refractivity contribution < 1.29 is 57.6 Å². The molecule has 228 valence electrons. The molecule has 2 heterocycles. The largest absolute Gasteiger partial charge is 0.478 e. The molecular weight excluding hydrogens is 578 g/mol. The predicted molar refractivity (Wildman–Crippen MR) is 145 cm³/mol. The zero-order chi connectivity index (χ0) is 31.7. The van der Waals surface area contributed by atoms with Gasteiger partial charge in [-0.2, -0.15) is 0 Å². The summed E-state index contributed by atoms with van der Waals surface area (Å²) in [5, 5.41) is 10.3. The van der Waals surface area contributed by atoms with Gasteiger partial charge in [0.2, 0.25) is 0 Å². The summed E-state index contributed by atoms with van der Waals surface area (Å²) in [4.78, 5) is 93.5. The Morgan fingerprint density at radius 3 is 2.25 bits per heavy atom. The maximum Gasteiger partial charge on any atom is 0.339 e. The lowest BCUT2D eigenvalue weighted by atomic mass is 9.71. The molecule has 2 aliphatic carbocycles. The topological polar surface area (TPSA) is 180 Å². The van der Waals surface area contributed by atoms with E-state index in [2.05, 4.69) is 0 Å². The average Bonchev–Trinajstić information content (AvgIpc) is 3.36. The van der Waals surface area contributed by atoms with E-state index >= 15 is 0 Å². The van der Waals surface area contributed by atoms with Crippen LogP contribution in [0.25, 0.3) is 0 Å². The van der Waals surface area contributed by atoms with Crippen molar-refractivity contribution in [1.82, 2.24) is 4.90 Å². The third-order valence-corrected chi connectivity index (χ3v) is 8.59. The van der Waals surface area contributed by atoms with Gasteiger partial charge in [-0.3, -0.25) is 24.0 Å². The maximum atomic E-state index is 13.8. The molecule has 0 unspecified atom stereocenters. The summed E-state index contributed by atoms with van der Waals surface area (Å²) in [6, 6.07) is 5.88. The summed E-state index contributed by atoms with van der Waals surface area (Å²) in [6.45, 7) is 4.50. The normalized spacial score (nSPS) is 25.1. The molecule has 0 saturated carbocycles. The van der Waals surface area contributed by atoms with Gasteiger partial charge in [0, 0.05) is 36.6 Å². The highest BCUT2D eigenvalue weighted by Gasteiger charge is 2.55. The van der Waals surface area contributed by atoms with Crippen molar-refractivity contribution in [2.75, 3.05) is 13.1 Å². The molecule has 1 N–H and O–H groups in total. The van der Waals surface area contributed by atoms with Crippen LogP contribution in [0, 0.1) is 0 Å². The number of carboxylic acids is 1. The lowest BCUT2D eigenvalue weighted by Crippen LogP contribution is -2.53. The van der Waals surface area contributed by atoms with E-state index in [4.69, 9.17) is 18.9 Å². The van der Waals surface area contributed by atoms with E-state index in [0.29, 0.717) is 6.54 Å². The Kier molecular flexibility index (Phi) is 6.97. The van der Waals surface area contributed by atoms with Gasteiger partial charge in [0.15, 0.2) is 41.4 Å². The van der Waals surface area contributed by atoms with E-state index in [9.17, 15) is 38.7 Å². The number of carbonyl (C=O) groups excluding carboxylic acids is 6. The van der Waals surface area contributed by atoms with Crippen LogP contribution >= 0.6 is 0 Å². The predicted octanol–water partition coefficient (Wildman–Crippen LogP) is 1.42. The number of amides is 1. The van der Waals surface area contributed by atoms with Gasteiger partial charge in [-0.25, -0.2) is 9.59 Å². The summed E-state index contributed by atoms with van der Waals surface area (Å²) in [5.41, 5.74) is -3.14. The minimum Gasteiger partial charge on any atom is -0.478 e. The molecule has 13 nitrogen and oxygen atoms in total. The van der Waals surface area contributed by atoms with Gasteiger partial charge in [0.25, 0.3) is 5.91 Å². The molecule has 2 aliphatic heterocycles. The van der Waals surface area contributed by atoms with Crippen LogP contribution in [0.15, 0.2) is 24.3 Å². The van der Waals surface area contributed by atoms with Crippen molar-refractivity contribution in [3.63, 3.8) is 0 Å². The van der Waals surface area contributed by atoms with Crippen LogP contribution in [-0.4, -0.2) is 88.4 Å². The molecular formula is C31H27NO12. The van der Waals surface area contributed by atoms with Crippen LogP contribution in [0.3, 0.4) is 0 Å². The smallest absolute Gasteiger partial charge is 0.339 e. The molecule has 6 rings (SSSR count). The standard InChI is InChI=1S/C31H27NO12/c1-4-32-12-19-42-26(28(32)37)27(43-19)30(40)44-31(13(2)33)10-9-15-18(11-31)25(41-14(3)34)22-21(20(15)29(38)39)23(35)16-7-5-6-8-17(16)24(22)36/h5-8,19,26-27H,4,9-12H2,1-3H3,(H,38,39)/t19-,26+,27+,31+/m0/s1. The van der Waals surface area contributed by atoms with Gasteiger partial charge < -0.3 is 29.0 Å². The number of benzene rings is 2. The third kappa shape index (κ3) is 4.34. The number of rotatable bonds is 6. The fourth-order valence-corrected chi connectivity index (χ4v) is 6.48. The number of Topliss-reactive ketones (excluding diaryl/α,β-unsaturated/α-hetero) is 1. The molecule has 2 fully saturated rings. The summed E-state index contributed by atoms with van der Waals surface area (Å²) < 4.78 is 22.5. The first-order valence-corrected chi connectivity index (χ1v) is 14.0. The lowest BCUT2D eigenvalue weighted by Gasteiger charge is -2.38. The molecule has 13 heteroatoms. The van der Waals surface area contributed by atoms with E-state index in [1.165, 1.54) is 36.1 Å². The van der Waals surface area contributed by atoms with Crippen LogP contribution in [0.1, 0.15) is 80.5 Å². The van der Waals surface area contributed by atoms with E-state index in [1.807, 2.05) is 0 Å². The van der Waals surface area contributed by atoms with Crippen LogP contribution in [-0.2, 0) is 46.2 Å². The molecule has 2 bridgehead atoms. The van der Waals surface area contributed by atoms with Crippen LogP contribution < -0.4 is 4.74 Å². The number of aromatic carboxylic acids is 1. The average molecular weight is 606 g/mol. The van der Waals surface area contributed by atoms with Gasteiger partial charge >= 0.3 is 17.9 Å². The second-order valence-corrected chi connectivity index (χ2v) is 11.1. The maximum absolute atomic E-state index is 13.8. The van der Waals surface area contributed by atoms with Gasteiger partial charge in [0.05, 0.1) is 23.2 Å². The molecule has 4 atom stereocenters. The first-order valence-electron chi connectivity index (χ1n) is 14.0. The SMILES string of the molecule is CCN1C[C@@H]2O[C@@H](C(=O)O[C@]3(C(C)=O)CCc4c(c(OC(C)=O)c5c(c4C(=O)O)C(=O)c4ccccc4C5=O)C3)[C@@H](O2)C1=O. The van der Waals surface area contributed by atoms with Crippen LogP contribution in [0.5, 0.6) is 5.75 Å². The third-order valence-electron chi connectivity index (χ3n) is 8.59. The summed E-state index contributed by atoms with van der Waals surface area (Å²) in [5.74, 6) is -6.31. The van der Waals surface area contributed by atoms with Crippen molar-refractivity contribution in [2.45, 2.75) is 64.1 Å². The Labute approximate surface area is 250 Å². The number of ether oxygens (including phenoxy) is 4. The fourth-order valence-electron chi connectivity index (χ4n) is 6.48. The zero-order valence-corrected chi connectivity index (χ0v) is 24.0. The minimum atomic E-state index is -1.91. The van der Waals surface area contributed by atoms with E-state index in [-0.39, 0.29) is 47.4 Å². The summed E-state index contributed by atoms with van der Waals surface area (Å²) in [6.07, 6.45) is -4.45. The van der Waals surface area contributed by atoms with Gasteiger partial charge in [-0.1, -0.05) is 24.3 Å². The van der Waals surface area contributed by atoms with E-state index in [0.717, 1.165) is 6.92 Å². The number of esters is 2. The van der Waals surface area contributed by atoms with Crippen molar-refractivity contribution >= 4 is 41.2 Å². The number of ketones is 3. The van der Waals surface area contributed by atoms with Crippen LogP contribution in [0.4, 0.5) is 0 Å². The summed E-state index contributed by atoms with van der Waals surface area (Å²) in [7, 11) is 0. The number of hydrogen-bond acceptors (Lipinski definition) is 11. The van der Waals surface area contributed by atoms with Crippen molar-refractivity contribution in [3.05, 3.63) is 63.2 Å². The molecule has 0 spiro atoms. The molecule has 2 aromatic carbocycles. The Bertz CT molecular complexity index is 1710. The first-order chi connectivity index (χ1) is 20.9. The highest BCUT2D eigenvalue weighted by molar-refractivity contribution is 6.32. The number of hydrogen-bond donors (Lipinski definition) is 1. The number of morpholine rings is 1. The van der Waals surface area contributed by atoms with Crippen LogP contribution in [0.2, 0.25) is 0 Å². The number of likely N-dealkylation sites (N-methyl/N-ethyl adjacent to an activating group) is 1. The molecule has 2 saturated heterocycles. The number of carbonyl (C=O) groups is 7. The van der Waals surface area contributed by atoms with E-state index in [1.54, 1.807) is 6.92 Å². The Balaban J connectivity index is 1.47. The first kappa shape index (κ1) is 29.3. The monoisotopic (exact) mass is 605 g/mol. The Morgan fingerprint density at radius 2 is 1.66 bits per heavy atom. The molecule has 4 aliphatic rings. The highest BCUT2D eigenvalue weighted by Crippen LogP contribution is 2.46. The van der Waals surface area contributed by atoms with Crippen molar-refractivity contribution in [2.24, 2.45) is 0 Å². The second kappa shape index (κ2) is 10.5. The van der Waals surface area contributed by atoms with Crippen molar-refractivity contribution in [3.8, 4) is 5.75 Å². The fraction of sp³-hybridized carbons (Fsp3) is 0.387. The van der Waals surface area contributed by atoms with Gasteiger partial charge in [-0.15, -0.1) is 0 Å². The highest BCUT2D eigenvalue weighted by atomic mass is 16.7. The number of nitrogens with zero attached hydrogens (tertiary/aromatic N) is 1. The van der Waals surface area contributed by atoms with Gasteiger partial charge in [0.1, 0.15) is 5.75 Å². The number of fused-ring (bicyclic) bond motifs is 5. The molecule has 1 amide bonds. The quantitative estimate of drug-likeness (QED) is 0.316. The summed E-state index contributed by atoms with van der Waals surface area (Å²) >= 11 is 0. The molecule has 44 heavy (non-hydrogen) atoms. The zero-order valence-electron chi connectivity index (χ0n) is 24.0. The van der Waals surface area contributed by atoms with Crippen molar-refractivity contribution in [1.29, 1.82) is 0 Å². The molecule has 0 aromatic heterocycles. The Morgan fingerprint density at radius 1 is 1.00 bits per heavy atom. The lowest BCUT2D eigenvalue weighted by molar-refractivity contribution is -0.178. The Hall–Kier alpha value is -4.75. The number of carboxylic acid groups (broad SMARTS) is 1. The van der Waals surface area contributed by atoms with Gasteiger partial charge in [-0.05, 0) is 32.3 Å².